The van der Waals surface area contributed by atoms with Crippen LogP contribution in [0.3, 0.4) is 0 Å². The first kappa shape index (κ1) is 16.0. The van der Waals surface area contributed by atoms with Crippen molar-refractivity contribution in [3.63, 3.8) is 0 Å². The van der Waals surface area contributed by atoms with Gasteiger partial charge in [0.15, 0.2) is 0 Å². The second kappa shape index (κ2) is 6.72. The standard InChI is InChI=1S/C23H19F/c1-16-4-9-20(10-5-16)21-11-6-19(7-12-21)8-13-22-18(3)14-17(2)15-23(22)24/h4-7,9-12,14-15H,1-3H3. The molecule has 0 saturated carbocycles. The lowest BCUT2D eigenvalue weighted by atomic mass is 10.0. The molecule has 0 amide bonds. The molecule has 0 spiro atoms. The molecule has 0 saturated heterocycles. The van der Waals surface area contributed by atoms with Gasteiger partial charge in [0.25, 0.3) is 0 Å². The Labute approximate surface area is 143 Å². The molecule has 0 aliphatic heterocycles. The van der Waals surface area contributed by atoms with Crippen LogP contribution >= 0.6 is 0 Å². The van der Waals surface area contributed by atoms with Crippen LogP contribution in [0.5, 0.6) is 0 Å². The number of hydrogen-bond donors (Lipinski definition) is 0. The van der Waals surface area contributed by atoms with Crippen molar-refractivity contribution < 1.29 is 4.39 Å². The summed E-state index contributed by atoms with van der Waals surface area (Å²) < 4.78 is 14.0. The van der Waals surface area contributed by atoms with Gasteiger partial charge in [-0.05, 0) is 61.2 Å². The van der Waals surface area contributed by atoms with Crippen LogP contribution in [0, 0.1) is 38.4 Å². The highest BCUT2D eigenvalue weighted by Gasteiger charge is 2.04. The number of rotatable bonds is 1. The van der Waals surface area contributed by atoms with Gasteiger partial charge in [0.2, 0.25) is 0 Å². The highest BCUT2D eigenvalue weighted by molar-refractivity contribution is 5.64. The maximum Gasteiger partial charge on any atom is 0.139 e. The van der Waals surface area contributed by atoms with Crippen LogP contribution in [0.15, 0.2) is 60.7 Å². The molecule has 0 N–H and O–H groups in total. The summed E-state index contributed by atoms with van der Waals surface area (Å²) in [6.07, 6.45) is 0. The van der Waals surface area contributed by atoms with E-state index in [1.807, 2.05) is 44.2 Å². The highest BCUT2D eigenvalue weighted by Crippen LogP contribution is 2.20. The lowest BCUT2D eigenvalue weighted by Crippen LogP contribution is -1.90. The predicted molar refractivity (Wildman–Crippen MR) is 98.5 cm³/mol. The molecule has 1 heteroatoms. The zero-order valence-electron chi connectivity index (χ0n) is 14.2. The molecule has 0 radical (unpaired) electrons. The van der Waals surface area contributed by atoms with E-state index in [2.05, 4.69) is 43.0 Å². The Kier molecular flexibility index (Phi) is 4.49. The summed E-state index contributed by atoms with van der Waals surface area (Å²) in [5, 5.41) is 0. The molecule has 0 atom stereocenters. The molecule has 0 unspecified atom stereocenters. The molecule has 3 rings (SSSR count). The summed E-state index contributed by atoms with van der Waals surface area (Å²) >= 11 is 0. The Bertz CT molecular complexity index is 898. The van der Waals surface area contributed by atoms with Gasteiger partial charge in [-0.2, -0.15) is 0 Å². The molecule has 3 aromatic rings. The SMILES string of the molecule is Cc1ccc(-c2ccc(C#Cc3c(C)cc(C)cc3F)cc2)cc1. The fraction of sp³-hybridized carbons (Fsp3) is 0.130. The first-order valence-corrected chi connectivity index (χ1v) is 7.99. The quantitative estimate of drug-likeness (QED) is 0.497. The minimum atomic E-state index is -0.253. The molecule has 118 valence electrons. The second-order valence-corrected chi connectivity index (χ2v) is 6.13. The second-order valence-electron chi connectivity index (χ2n) is 6.13. The third kappa shape index (κ3) is 3.55. The van der Waals surface area contributed by atoms with Gasteiger partial charge in [-0.15, -0.1) is 0 Å². The summed E-state index contributed by atoms with van der Waals surface area (Å²) in [4.78, 5) is 0. The van der Waals surface area contributed by atoms with Crippen LogP contribution in [0.1, 0.15) is 27.8 Å². The molecular formula is C23H19F. The fourth-order valence-corrected chi connectivity index (χ4v) is 2.70. The van der Waals surface area contributed by atoms with Crippen LogP contribution in [-0.2, 0) is 0 Å². The summed E-state index contributed by atoms with van der Waals surface area (Å²) in [6, 6.07) is 20.0. The van der Waals surface area contributed by atoms with Crippen molar-refractivity contribution >= 4 is 0 Å². The summed E-state index contributed by atoms with van der Waals surface area (Å²) in [6.45, 7) is 5.85. The van der Waals surface area contributed by atoms with Gasteiger partial charge in [-0.1, -0.05) is 59.9 Å². The van der Waals surface area contributed by atoms with Crippen molar-refractivity contribution in [1.29, 1.82) is 0 Å². The number of hydrogen-bond acceptors (Lipinski definition) is 0. The molecule has 0 nitrogen and oxygen atoms in total. The minimum absolute atomic E-state index is 0.253. The molecule has 24 heavy (non-hydrogen) atoms. The average Bonchev–Trinajstić information content (AvgIpc) is 2.55. The van der Waals surface area contributed by atoms with E-state index in [1.165, 1.54) is 17.2 Å². The molecule has 0 aliphatic rings. The molecule has 0 aromatic heterocycles. The van der Waals surface area contributed by atoms with Gasteiger partial charge in [0.05, 0.1) is 5.56 Å². The number of halogens is 1. The van der Waals surface area contributed by atoms with Gasteiger partial charge in [-0.3, -0.25) is 0 Å². The number of benzene rings is 3. The minimum Gasteiger partial charge on any atom is -0.206 e. The monoisotopic (exact) mass is 314 g/mol. The topological polar surface area (TPSA) is 0 Å². The van der Waals surface area contributed by atoms with E-state index in [1.54, 1.807) is 0 Å². The van der Waals surface area contributed by atoms with Crippen molar-refractivity contribution in [3.05, 3.63) is 94.3 Å². The van der Waals surface area contributed by atoms with Crippen molar-refractivity contribution in [2.75, 3.05) is 0 Å². The Morgan fingerprint density at radius 1 is 0.667 bits per heavy atom. The van der Waals surface area contributed by atoms with Crippen LogP contribution in [0.2, 0.25) is 0 Å². The lowest BCUT2D eigenvalue weighted by Gasteiger charge is -2.03. The Morgan fingerprint density at radius 2 is 1.25 bits per heavy atom. The number of aryl methyl sites for hydroxylation is 3. The molecule has 3 aromatic carbocycles. The summed E-state index contributed by atoms with van der Waals surface area (Å²) in [5.41, 5.74) is 6.72. The van der Waals surface area contributed by atoms with E-state index < -0.39 is 0 Å². The average molecular weight is 314 g/mol. The maximum absolute atomic E-state index is 14.0. The molecule has 0 bridgehead atoms. The molecule has 0 fully saturated rings. The van der Waals surface area contributed by atoms with Crippen LogP contribution in [0.4, 0.5) is 4.39 Å². The van der Waals surface area contributed by atoms with Gasteiger partial charge in [-0.25, -0.2) is 4.39 Å². The van der Waals surface area contributed by atoms with E-state index in [4.69, 9.17) is 0 Å². The van der Waals surface area contributed by atoms with Crippen molar-refractivity contribution in [3.8, 4) is 23.0 Å². The largest absolute Gasteiger partial charge is 0.206 e. The van der Waals surface area contributed by atoms with Crippen LogP contribution in [0.25, 0.3) is 11.1 Å². The van der Waals surface area contributed by atoms with E-state index in [9.17, 15) is 4.39 Å². The van der Waals surface area contributed by atoms with E-state index >= 15 is 0 Å². The molecule has 0 heterocycles. The highest BCUT2D eigenvalue weighted by atomic mass is 19.1. The van der Waals surface area contributed by atoms with E-state index in [0.717, 1.165) is 22.3 Å². The van der Waals surface area contributed by atoms with Gasteiger partial charge in [0, 0.05) is 5.56 Å². The lowest BCUT2D eigenvalue weighted by molar-refractivity contribution is 0.622. The molecular weight excluding hydrogens is 295 g/mol. The predicted octanol–water partition coefficient (Wildman–Crippen LogP) is 5.82. The normalized spacial score (nSPS) is 10.2. The smallest absolute Gasteiger partial charge is 0.139 e. The molecule has 0 aliphatic carbocycles. The fourth-order valence-electron chi connectivity index (χ4n) is 2.70. The zero-order valence-corrected chi connectivity index (χ0v) is 14.2. The van der Waals surface area contributed by atoms with E-state index in [-0.39, 0.29) is 5.82 Å². The summed E-state index contributed by atoms with van der Waals surface area (Å²) in [7, 11) is 0. The third-order valence-electron chi connectivity index (χ3n) is 4.03. The Balaban J connectivity index is 1.87. The summed E-state index contributed by atoms with van der Waals surface area (Å²) in [5.74, 6) is 5.77. The van der Waals surface area contributed by atoms with Gasteiger partial charge >= 0.3 is 0 Å². The van der Waals surface area contributed by atoms with Gasteiger partial charge in [0.1, 0.15) is 5.82 Å². The van der Waals surface area contributed by atoms with Crippen molar-refractivity contribution in [2.24, 2.45) is 0 Å². The first-order valence-electron chi connectivity index (χ1n) is 7.99. The first-order chi connectivity index (χ1) is 11.5. The van der Waals surface area contributed by atoms with Crippen LogP contribution < -0.4 is 0 Å². The van der Waals surface area contributed by atoms with Gasteiger partial charge < -0.3 is 0 Å². The Morgan fingerprint density at radius 3 is 1.83 bits per heavy atom. The van der Waals surface area contributed by atoms with Crippen molar-refractivity contribution in [2.45, 2.75) is 20.8 Å². The zero-order chi connectivity index (χ0) is 17.1. The van der Waals surface area contributed by atoms with Crippen molar-refractivity contribution in [1.82, 2.24) is 0 Å². The maximum atomic E-state index is 14.0. The van der Waals surface area contributed by atoms with Crippen LogP contribution in [-0.4, -0.2) is 0 Å². The third-order valence-corrected chi connectivity index (χ3v) is 4.03. The van der Waals surface area contributed by atoms with E-state index in [0.29, 0.717) is 5.56 Å². The Hall–Kier alpha value is -2.85.